The van der Waals surface area contributed by atoms with E-state index in [1.54, 1.807) is 0 Å². The monoisotopic (exact) mass is 520 g/mol. The topological polar surface area (TPSA) is 206 Å². The molecule has 14 nitrogen and oxygen atoms in total. The molecule has 3 rings (SSSR count). The summed E-state index contributed by atoms with van der Waals surface area (Å²) < 4.78 is 7.00. The molecule has 0 bridgehead atoms. The molecule has 1 unspecified atom stereocenters. The van der Waals surface area contributed by atoms with Gasteiger partial charge in [-0.15, -0.1) is 0 Å². The molecule has 0 spiro atoms. The van der Waals surface area contributed by atoms with Gasteiger partial charge < -0.3 is 30.7 Å². The van der Waals surface area contributed by atoms with E-state index in [0.717, 1.165) is 0 Å². The summed E-state index contributed by atoms with van der Waals surface area (Å²) in [4.78, 5) is 61.6. The molecule has 1 fully saturated rings. The molecular weight excluding hydrogens is 488 g/mol. The molecule has 5 N–H and O–H groups in total. The van der Waals surface area contributed by atoms with Crippen LogP contribution in [0.15, 0.2) is 12.7 Å². The van der Waals surface area contributed by atoms with Gasteiger partial charge in [0.2, 0.25) is 12.0 Å². The maximum Gasteiger partial charge on any atom is 0.207 e. The summed E-state index contributed by atoms with van der Waals surface area (Å²) in [6.45, 7) is 5.19. The van der Waals surface area contributed by atoms with Crippen LogP contribution in [0.4, 0.5) is 5.82 Å². The first kappa shape index (κ1) is 28.2. The van der Waals surface area contributed by atoms with E-state index in [2.05, 4.69) is 25.6 Å². The molecule has 0 saturated carbocycles. The molecule has 0 aliphatic carbocycles. The van der Waals surface area contributed by atoms with Crippen LogP contribution in [0.25, 0.3) is 11.2 Å². The van der Waals surface area contributed by atoms with Crippen LogP contribution in [-0.4, -0.2) is 95.1 Å². The number of carbonyl (C=O) groups excluding carboxylic acids is 4. The molecule has 3 heterocycles. The van der Waals surface area contributed by atoms with Gasteiger partial charge in [-0.2, -0.15) is 0 Å². The normalized spacial score (nSPS) is 26.1. The summed E-state index contributed by atoms with van der Waals surface area (Å²) in [7, 11) is 0. The molecule has 37 heavy (non-hydrogen) atoms. The highest BCUT2D eigenvalue weighted by atomic mass is 16.6. The summed E-state index contributed by atoms with van der Waals surface area (Å²) in [5, 5.41) is 39.8. The molecule has 0 radical (unpaired) electrons. The lowest BCUT2D eigenvalue weighted by Gasteiger charge is -2.39. The van der Waals surface area contributed by atoms with E-state index < -0.39 is 47.0 Å². The summed E-state index contributed by atoms with van der Waals surface area (Å²) in [5.41, 5.74) is -5.47. The van der Waals surface area contributed by atoms with Gasteiger partial charge in [0.15, 0.2) is 46.2 Å². The van der Waals surface area contributed by atoms with Gasteiger partial charge in [0, 0.05) is 32.4 Å². The van der Waals surface area contributed by atoms with Crippen molar-refractivity contribution in [2.24, 2.45) is 0 Å². The lowest BCUT2D eigenvalue weighted by Crippen LogP contribution is -2.68. The van der Waals surface area contributed by atoms with E-state index in [1.807, 2.05) is 0 Å². The number of aliphatic hydroxyl groups is 3. The molecule has 14 heteroatoms. The smallest absolute Gasteiger partial charge is 0.207 e. The predicted molar refractivity (Wildman–Crippen MR) is 128 cm³/mol. The molecule has 2 aromatic heterocycles. The Morgan fingerprint density at radius 3 is 2.38 bits per heavy atom. The number of nitrogens with one attached hydrogen (secondary N) is 2. The van der Waals surface area contributed by atoms with E-state index in [1.165, 1.54) is 38.0 Å². The van der Waals surface area contributed by atoms with Gasteiger partial charge in [-0.05, 0) is 6.42 Å². The maximum absolute atomic E-state index is 13.2. The first-order valence-corrected chi connectivity index (χ1v) is 12.1. The van der Waals surface area contributed by atoms with Crippen LogP contribution >= 0.6 is 0 Å². The lowest BCUT2D eigenvalue weighted by molar-refractivity contribution is -0.186. The van der Waals surface area contributed by atoms with Crippen LogP contribution in [0.5, 0.6) is 0 Å². The molecule has 1 saturated heterocycles. The number of rotatable bonds is 14. The highest BCUT2D eigenvalue weighted by Crippen LogP contribution is 2.49. The van der Waals surface area contributed by atoms with E-state index in [-0.39, 0.29) is 30.4 Å². The Morgan fingerprint density at radius 2 is 1.76 bits per heavy atom. The van der Waals surface area contributed by atoms with Crippen molar-refractivity contribution in [3.8, 4) is 0 Å². The quantitative estimate of drug-likeness (QED) is 0.151. The number of ether oxygens (including phenoxy) is 1. The minimum Gasteiger partial charge on any atom is -0.382 e. The van der Waals surface area contributed by atoms with Gasteiger partial charge in [-0.25, -0.2) is 15.0 Å². The summed E-state index contributed by atoms with van der Waals surface area (Å²) in [6, 6.07) is 0. The summed E-state index contributed by atoms with van der Waals surface area (Å²) in [5.74, 6) is -2.33. The van der Waals surface area contributed by atoms with E-state index in [4.69, 9.17) is 4.74 Å². The summed E-state index contributed by atoms with van der Waals surface area (Å²) >= 11 is 0. The SMILES string of the molecule is CCC(=O)C(O)[C@H]1O[C@@H](n2cnc3c(NCCCNC=O)ncnc32)[C@@](O)(C(=O)CC)[C@@]1(O)C(=O)CC. The van der Waals surface area contributed by atoms with Crippen LogP contribution < -0.4 is 10.6 Å². The molecular formula is C23H32N6O8. The minimum absolute atomic E-state index is 0.0964. The van der Waals surface area contributed by atoms with Crippen LogP contribution in [0, 0.1) is 0 Å². The molecule has 5 atom stereocenters. The third-order valence-corrected chi connectivity index (χ3v) is 6.57. The zero-order valence-electron chi connectivity index (χ0n) is 20.9. The lowest BCUT2D eigenvalue weighted by atomic mass is 9.71. The number of ketones is 3. The van der Waals surface area contributed by atoms with Crippen LogP contribution in [0.3, 0.4) is 0 Å². The Balaban J connectivity index is 2.12. The Morgan fingerprint density at radius 1 is 1.08 bits per heavy atom. The van der Waals surface area contributed by atoms with Crippen LogP contribution in [-0.2, 0) is 23.9 Å². The number of anilines is 1. The first-order valence-electron chi connectivity index (χ1n) is 12.1. The van der Waals surface area contributed by atoms with Crippen molar-refractivity contribution in [3.05, 3.63) is 12.7 Å². The molecule has 1 amide bonds. The van der Waals surface area contributed by atoms with Crippen LogP contribution in [0.1, 0.15) is 52.7 Å². The largest absolute Gasteiger partial charge is 0.382 e. The molecule has 1 aliphatic rings. The zero-order valence-corrected chi connectivity index (χ0v) is 20.9. The fraction of sp³-hybridized carbons (Fsp3) is 0.609. The number of hydrogen-bond donors (Lipinski definition) is 5. The number of hydrogen-bond acceptors (Lipinski definition) is 12. The molecule has 202 valence electrons. The van der Waals surface area contributed by atoms with Crippen LogP contribution in [0.2, 0.25) is 0 Å². The average Bonchev–Trinajstić information content (AvgIpc) is 3.44. The fourth-order valence-electron chi connectivity index (χ4n) is 4.56. The number of amides is 1. The predicted octanol–water partition coefficient (Wildman–Crippen LogP) is -0.968. The van der Waals surface area contributed by atoms with Crippen molar-refractivity contribution in [2.75, 3.05) is 18.4 Å². The number of aliphatic hydroxyl groups excluding tert-OH is 1. The fourth-order valence-corrected chi connectivity index (χ4v) is 4.56. The van der Waals surface area contributed by atoms with E-state index in [0.29, 0.717) is 31.7 Å². The maximum atomic E-state index is 13.2. The number of imidazole rings is 1. The number of aromatic nitrogens is 4. The Labute approximate surface area is 212 Å². The highest BCUT2D eigenvalue weighted by Gasteiger charge is 2.74. The molecule has 1 aliphatic heterocycles. The second-order valence-electron chi connectivity index (χ2n) is 8.66. The Hall–Kier alpha value is -3.33. The highest BCUT2D eigenvalue weighted by molar-refractivity contribution is 6.01. The van der Waals surface area contributed by atoms with Crippen molar-refractivity contribution in [1.82, 2.24) is 24.8 Å². The Bertz CT molecular complexity index is 1170. The third-order valence-electron chi connectivity index (χ3n) is 6.57. The van der Waals surface area contributed by atoms with Crippen molar-refractivity contribution in [3.63, 3.8) is 0 Å². The van der Waals surface area contributed by atoms with Gasteiger partial charge in [0.05, 0.1) is 6.33 Å². The number of Topliss-reactive ketones (excluding diaryl/α,β-unsaturated/α-hetero) is 3. The van der Waals surface area contributed by atoms with E-state index >= 15 is 0 Å². The third kappa shape index (κ3) is 4.61. The average molecular weight is 521 g/mol. The molecule has 2 aromatic rings. The van der Waals surface area contributed by atoms with Gasteiger partial charge in [0.1, 0.15) is 18.5 Å². The summed E-state index contributed by atoms with van der Waals surface area (Å²) in [6.07, 6.45) is -2.84. The molecule has 0 aromatic carbocycles. The van der Waals surface area contributed by atoms with Crippen molar-refractivity contribution >= 4 is 40.7 Å². The Kier molecular flexibility index (Phi) is 8.68. The zero-order chi connectivity index (χ0) is 27.4. The number of fused-ring (bicyclic) bond motifs is 1. The van der Waals surface area contributed by atoms with Crippen molar-refractivity contribution in [2.45, 2.75) is 76.1 Å². The second kappa shape index (κ2) is 11.4. The minimum atomic E-state index is -2.93. The van der Waals surface area contributed by atoms with Gasteiger partial charge in [-0.3, -0.25) is 23.7 Å². The van der Waals surface area contributed by atoms with Gasteiger partial charge in [0.25, 0.3) is 0 Å². The standard InChI is InChI=1S/C23H32N6O8/c1-4-13(31)17(34)18-22(35,14(32)5-2)23(36,15(33)6-3)21(37-18)29-11-28-16-19(26-10-27-20(16)29)25-9-7-8-24-12-30/h10-12,17-18,21,34-36H,4-9H2,1-3H3,(H,24,30)(H,25,26,27)/t17?,18-,21-,22-,23+/m1/s1. The second-order valence-corrected chi connectivity index (χ2v) is 8.66. The van der Waals surface area contributed by atoms with Crippen molar-refractivity contribution < 1.29 is 39.2 Å². The van der Waals surface area contributed by atoms with E-state index in [9.17, 15) is 34.5 Å². The van der Waals surface area contributed by atoms with Gasteiger partial charge in [-0.1, -0.05) is 20.8 Å². The number of carbonyl (C=O) groups is 4. The first-order chi connectivity index (χ1) is 17.6. The number of nitrogens with zero attached hydrogens (tertiary/aromatic N) is 4. The van der Waals surface area contributed by atoms with Crippen molar-refractivity contribution in [1.29, 1.82) is 0 Å². The van der Waals surface area contributed by atoms with Gasteiger partial charge >= 0.3 is 0 Å².